The molecule has 0 aromatic heterocycles. The fourth-order valence-electron chi connectivity index (χ4n) is 4.71. The number of rotatable bonds is 6. The number of hydrogen-bond donors (Lipinski definition) is 0. The van der Waals surface area contributed by atoms with Gasteiger partial charge in [0.2, 0.25) is 0 Å². The molecule has 0 saturated heterocycles. The Balaban J connectivity index is 1.69. The zero-order chi connectivity index (χ0) is 20.4. The predicted molar refractivity (Wildman–Crippen MR) is 126 cm³/mol. The Labute approximate surface area is 175 Å². The topological polar surface area (TPSA) is 6.48 Å². The molecule has 2 heteroatoms. The normalized spacial score (nSPS) is 13.1. The van der Waals surface area contributed by atoms with Crippen LogP contribution in [0, 0.1) is 20.8 Å². The van der Waals surface area contributed by atoms with Gasteiger partial charge in [-0.3, -0.25) is 0 Å². The van der Waals surface area contributed by atoms with E-state index in [-0.39, 0.29) is 0 Å². The summed E-state index contributed by atoms with van der Waals surface area (Å²) >= 11 is 0. The fourth-order valence-corrected chi connectivity index (χ4v) is 4.71. The lowest BCUT2D eigenvalue weighted by Crippen LogP contribution is -2.28. The number of fused-ring (bicyclic) bond motifs is 1. The van der Waals surface area contributed by atoms with Crippen LogP contribution in [0.3, 0.4) is 0 Å². The molecule has 3 aromatic carbocycles. The van der Waals surface area contributed by atoms with Crippen molar-refractivity contribution < 1.29 is 0 Å². The highest BCUT2D eigenvalue weighted by Gasteiger charge is 2.26. The van der Waals surface area contributed by atoms with E-state index in [4.69, 9.17) is 0 Å². The predicted octanol–water partition coefficient (Wildman–Crippen LogP) is 7.38. The number of hydrogen-bond acceptors (Lipinski definition) is 2. The summed E-state index contributed by atoms with van der Waals surface area (Å²) < 4.78 is 0. The molecule has 0 bridgehead atoms. The number of para-hydroxylation sites is 2. The molecule has 0 aliphatic carbocycles. The first kappa shape index (κ1) is 19.6. The lowest BCUT2D eigenvalue weighted by atomic mass is 9.93. The second kappa shape index (κ2) is 8.32. The van der Waals surface area contributed by atoms with Gasteiger partial charge in [-0.15, -0.1) is 0 Å². The van der Waals surface area contributed by atoms with Gasteiger partial charge in [-0.25, -0.2) is 0 Å². The van der Waals surface area contributed by atoms with Crippen LogP contribution >= 0.6 is 0 Å². The zero-order valence-electron chi connectivity index (χ0n) is 18.2. The Morgan fingerprint density at radius 1 is 0.793 bits per heavy atom. The molecule has 0 spiro atoms. The van der Waals surface area contributed by atoms with Crippen LogP contribution in [0.2, 0.25) is 0 Å². The van der Waals surface area contributed by atoms with E-state index in [1.165, 1.54) is 64.1 Å². The van der Waals surface area contributed by atoms with E-state index in [0.29, 0.717) is 0 Å². The molecule has 29 heavy (non-hydrogen) atoms. The highest BCUT2D eigenvalue weighted by molar-refractivity contribution is 5.84. The first-order chi connectivity index (χ1) is 14.1. The molecule has 1 heterocycles. The smallest absolute Gasteiger partial charge is 0.0953 e. The van der Waals surface area contributed by atoms with Crippen LogP contribution in [0.15, 0.2) is 60.7 Å². The molecule has 0 fully saturated rings. The Bertz CT molecular complexity index is 982. The third-order valence-electron chi connectivity index (χ3n) is 5.98. The van der Waals surface area contributed by atoms with Crippen LogP contribution in [0.25, 0.3) is 11.1 Å². The van der Waals surface area contributed by atoms with E-state index in [1.54, 1.807) is 0 Å². The third-order valence-corrected chi connectivity index (χ3v) is 5.98. The minimum atomic E-state index is 0.929. The summed E-state index contributed by atoms with van der Waals surface area (Å²) in [6.45, 7) is 10.9. The summed E-state index contributed by atoms with van der Waals surface area (Å²) in [4.78, 5) is 4.99. The second-order valence-corrected chi connectivity index (χ2v) is 8.35. The largest absolute Gasteiger partial charge is 0.352 e. The molecule has 0 unspecified atom stereocenters. The van der Waals surface area contributed by atoms with E-state index in [0.717, 1.165) is 13.2 Å². The van der Waals surface area contributed by atoms with Gasteiger partial charge in [0.25, 0.3) is 0 Å². The molecule has 0 radical (unpaired) electrons. The van der Waals surface area contributed by atoms with Gasteiger partial charge < -0.3 is 9.80 Å². The number of aryl methyl sites for hydroxylation is 3. The van der Waals surface area contributed by atoms with Crippen LogP contribution in [-0.4, -0.2) is 13.2 Å². The fraction of sp³-hybridized carbons (Fsp3) is 0.333. The quantitative estimate of drug-likeness (QED) is 0.409. The summed E-state index contributed by atoms with van der Waals surface area (Å²) in [5, 5.41) is 0. The van der Waals surface area contributed by atoms with Gasteiger partial charge in [0.15, 0.2) is 0 Å². The van der Waals surface area contributed by atoms with Crippen molar-refractivity contribution in [2.75, 3.05) is 23.0 Å². The lowest BCUT2D eigenvalue weighted by molar-refractivity contribution is 0.688. The molecule has 4 rings (SSSR count). The Morgan fingerprint density at radius 3 is 2.24 bits per heavy atom. The Morgan fingerprint density at radius 2 is 1.52 bits per heavy atom. The average Bonchev–Trinajstić information content (AvgIpc) is 3.07. The van der Waals surface area contributed by atoms with Crippen molar-refractivity contribution in [3.63, 3.8) is 0 Å². The van der Waals surface area contributed by atoms with Gasteiger partial charge in [-0.2, -0.15) is 0 Å². The standard InChI is InChI=1S/C27H32N2/c1-5-6-9-15-28-19-29(26-14-8-7-13-25(26)28)24-12-10-11-23(18-24)27-21(3)16-20(2)17-22(27)4/h7-8,10-14,16-18H,5-6,9,15,19H2,1-4H3. The maximum atomic E-state index is 2.53. The van der Waals surface area contributed by atoms with Crippen molar-refractivity contribution in [3.8, 4) is 11.1 Å². The van der Waals surface area contributed by atoms with Crippen molar-refractivity contribution in [1.29, 1.82) is 0 Å². The SMILES string of the molecule is CCCCCN1CN(c2cccc(-c3c(C)cc(C)cc3C)c2)c2ccccc21. The summed E-state index contributed by atoms with van der Waals surface area (Å²) in [6, 6.07) is 22.4. The van der Waals surface area contributed by atoms with Crippen molar-refractivity contribution in [2.45, 2.75) is 47.0 Å². The van der Waals surface area contributed by atoms with Gasteiger partial charge in [0.05, 0.1) is 18.0 Å². The number of nitrogens with zero attached hydrogens (tertiary/aromatic N) is 2. The monoisotopic (exact) mass is 384 g/mol. The summed E-state index contributed by atoms with van der Waals surface area (Å²) in [5.74, 6) is 0. The zero-order valence-corrected chi connectivity index (χ0v) is 18.2. The molecule has 0 N–H and O–H groups in total. The number of unbranched alkanes of at least 4 members (excludes halogenated alkanes) is 2. The van der Waals surface area contributed by atoms with E-state index in [2.05, 4.69) is 98.2 Å². The maximum absolute atomic E-state index is 2.53. The van der Waals surface area contributed by atoms with E-state index < -0.39 is 0 Å². The van der Waals surface area contributed by atoms with Gasteiger partial charge in [-0.1, -0.05) is 61.7 Å². The van der Waals surface area contributed by atoms with E-state index in [1.807, 2.05) is 0 Å². The lowest BCUT2D eigenvalue weighted by Gasteiger charge is -2.23. The molecule has 1 aliphatic rings. The first-order valence-electron chi connectivity index (χ1n) is 10.9. The molecule has 0 amide bonds. The van der Waals surface area contributed by atoms with Crippen molar-refractivity contribution in [2.24, 2.45) is 0 Å². The minimum absolute atomic E-state index is 0.929. The van der Waals surface area contributed by atoms with E-state index >= 15 is 0 Å². The number of anilines is 3. The Hall–Kier alpha value is -2.74. The number of benzene rings is 3. The highest BCUT2D eigenvalue weighted by atomic mass is 15.4. The molecule has 150 valence electrons. The molecule has 3 aromatic rings. The minimum Gasteiger partial charge on any atom is -0.352 e. The van der Waals surface area contributed by atoms with Crippen LogP contribution in [-0.2, 0) is 0 Å². The van der Waals surface area contributed by atoms with Gasteiger partial charge in [0, 0.05) is 12.2 Å². The van der Waals surface area contributed by atoms with Gasteiger partial charge >= 0.3 is 0 Å². The Kier molecular flexibility index (Phi) is 5.62. The molecule has 2 nitrogen and oxygen atoms in total. The first-order valence-corrected chi connectivity index (χ1v) is 10.9. The summed E-state index contributed by atoms with van der Waals surface area (Å²) in [7, 11) is 0. The van der Waals surface area contributed by atoms with Crippen molar-refractivity contribution >= 4 is 17.1 Å². The van der Waals surface area contributed by atoms with Gasteiger partial charge in [0.1, 0.15) is 0 Å². The van der Waals surface area contributed by atoms with Crippen LogP contribution in [0.5, 0.6) is 0 Å². The van der Waals surface area contributed by atoms with Crippen LogP contribution in [0.1, 0.15) is 42.9 Å². The molecule has 0 saturated carbocycles. The molecule has 0 atom stereocenters. The average molecular weight is 385 g/mol. The van der Waals surface area contributed by atoms with E-state index in [9.17, 15) is 0 Å². The second-order valence-electron chi connectivity index (χ2n) is 8.35. The maximum Gasteiger partial charge on any atom is 0.0953 e. The molecular weight excluding hydrogens is 352 g/mol. The molecular formula is C27H32N2. The molecule has 1 aliphatic heterocycles. The highest BCUT2D eigenvalue weighted by Crippen LogP contribution is 2.41. The van der Waals surface area contributed by atoms with Crippen LogP contribution < -0.4 is 9.80 Å². The van der Waals surface area contributed by atoms with Crippen LogP contribution in [0.4, 0.5) is 17.1 Å². The van der Waals surface area contributed by atoms with Crippen molar-refractivity contribution in [1.82, 2.24) is 0 Å². The van der Waals surface area contributed by atoms with Gasteiger partial charge in [-0.05, 0) is 73.7 Å². The van der Waals surface area contributed by atoms with Crippen molar-refractivity contribution in [3.05, 3.63) is 77.4 Å². The third kappa shape index (κ3) is 3.89. The summed E-state index contributed by atoms with van der Waals surface area (Å²) in [6.07, 6.45) is 3.80. The summed E-state index contributed by atoms with van der Waals surface area (Å²) in [5.41, 5.74) is 10.6.